The summed E-state index contributed by atoms with van der Waals surface area (Å²) in [5, 5.41) is 14.7. The third kappa shape index (κ3) is 3.94. The van der Waals surface area contributed by atoms with E-state index in [4.69, 9.17) is 5.26 Å². The van der Waals surface area contributed by atoms with Crippen molar-refractivity contribution in [3.63, 3.8) is 0 Å². The number of rotatable bonds is 5. The van der Waals surface area contributed by atoms with Crippen molar-refractivity contribution in [3.8, 4) is 6.07 Å². The Morgan fingerprint density at radius 2 is 1.75 bits per heavy atom. The van der Waals surface area contributed by atoms with Crippen molar-refractivity contribution >= 4 is 11.6 Å². The van der Waals surface area contributed by atoms with E-state index in [0.29, 0.717) is 17.8 Å². The molecule has 100 valence electrons. The highest BCUT2D eigenvalue weighted by Crippen LogP contribution is 2.12. The molecule has 0 aromatic heterocycles. The van der Waals surface area contributed by atoms with Crippen molar-refractivity contribution in [2.24, 2.45) is 0 Å². The molecule has 4 nitrogen and oxygen atoms in total. The Kier molecular flexibility index (Phi) is 4.87. The van der Waals surface area contributed by atoms with Gasteiger partial charge in [0.1, 0.15) is 6.07 Å². The Morgan fingerprint density at radius 1 is 1.05 bits per heavy atom. The molecule has 2 aromatic carbocycles. The highest BCUT2D eigenvalue weighted by atomic mass is 16.1. The third-order valence-corrected chi connectivity index (χ3v) is 2.78. The van der Waals surface area contributed by atoms with Gasteiger partial charge in [0, 0.05) is 6.54 Å². The molecule has 4 heteroatoms. The quantitative estimate of drug-likeness (QED) is 0.871. The number of nitrogens with one attached hydrogen (secondary N) is 2. The molecule has 20 heavy (non-hydrogen) atoms. The lowest BCUT2D eigenvalue weighted by molar-refractivity contribution is -0.115. The van der Waals surface area contributed by atoms with Crippen LogP contribution in [0.4, 0.5) is 5.69 Å². The Morgan fingerprint density at radius 3 is 2.50 bits per heavy atom. The summed E-state index contributed by atoms with van der Waals surface area (Å²) in [4.78, 5) is 11.8. The van der Waals surface area contributed by atoms with Gasteiger partial charge >= 0.3 is 0 Å². The van der Waals surface area contributed by atoms with Crippen LogP contribution in [0.15, 0.2) is 54.6 Å². The zero-order valence-corrected chi connectivity index (χ0v) is 11.0. The van der Waals surface area contributed by atoms with Gasteiger partial charge in [-0.3, -0.25) is 4.79 Å². The average molecular weight is 265 g/mol. The van der Waals surface area contributed by atoms with Gasteiger partial charge in [0.15, 0.2) is 0 Å². The molecular formula is C16H15N3O. The summed E-state index contributed by atoms with van der Waals surface area (Å²) in [6.45, 7) is 0.836. The van der Waals surface area contributed by atoms with Gasteiger partial charge in [0.2, 0.25) is 5.91 Å². The van der Waals surface area contributed by atoms with Gasteiger partial charge in [-0.15, -0.1) is 0 Å². The molecule has 0 unspecified atom stereocenters. The van der Waals surface area contributed by atoms with E-state index in [0.717, 1.165) is 5.56 Å². The first kappa shape index (κ1) is 13.8. The second-order valence-electron chi connectivity index (χ2n) is 4.29. The Balaban J connectivity index is 1.83. The molecule has 0 aliphatic carbocycles. The van der Waals surface area contributed by atoms with E-state index in [1.165, 1.54) is 0 Å². The maximum Gasteiger partial charge on any atom is 0.238 e. The SMILES string of the molecule is N#Cc1ccccc1NC(=O)CNCc1ccccc1. The van der Waals surface area contributed by atoms with Crippen LogP contribution in [-0.2, 0) is 11.3 Å². The summed E-state index contributed by atoms with van der Waals surface area (Å²) in [6.07, 6.45) is 0. The van der Waals surface area contributed by atoms with Crippen LogP contribution in [0.1, 0.15) is 11.1 Å². The lowest BCUT2D eigenvalue weighted by Crippen LogP contribution is -2.27. The number of amides is 1. The maximum atomic E-state index is 11.8. The summed E-state index contributed by atoms with van der Waals surface area (Å²) in [7, 11) is 0. The molecule has 0 radical (unpaired) electrons. The molecule has 2 aromatic rings. The fraction of sp³-hybridized carbons (Fsp3) is 0.125. The molecule has 0 aliphatic rings. The normalized spacial score (nSPS) is 9.75. The predicted octanol–water partition coefficient (Wildman–Crippen LogP) is 2.29. The molecule has 0 saturated heterocycles. The summed E-state index contributed by atoms with van der Waals surface area (Å²) in [5.74, 6) is -0.163. The van der Waals surface area contributed by atoms with Gasteiger partial charge in [-0.2, -0.15) is 5.26 Å². The van der Waals surface area contributed by atoms with Crippen LogP contribution in [0.2, 0.25) is 0 Å². The van der Waals surface area contributed by atoms with E-state index < -0.39 is 0 Å². The number of carbonyl (C=O) groups is 1. The van der Waals surface area contributed by atoms with Gasteiger partial charge in [0.05, 0.1) is 17.8 Å². The molecule has 0 heterocycles. The van der Waals surface area contributed by atoms with Crippen LogP contribution < -0.4 is 10.6 Å². The summed E-state index contributed by atoms with van der Waals surface area (Å²) in [5.41, 5.74) is 2.13. The molecule has 1 amide bonds. The number of benzene rings is 2. The molecular weight excluding hydrogens is 250 g/mol. The molecule has 0 spiro atoms. The zero-order valence-electron chi connectivity index (χ0n) is 11.0. The molecule has 2 N–H and O–H groups in total. The smallest absolute Gasteiger partial charge is 0.238 e. The monoisotopic (exact) mass is 265 g/mol. The van der Waals surface area contributed by atoms with Crippen molar-refractivity contribution in [1.82, 2.24) is 5.32 Å². The van der Waals surface area contributed by atoms with E-state index in [-0.39, 0.29) is 12.5 Å². The predicted molar refractivity (Wildman–Crippen MR) is 77.9 cm³/mol. The molecule has 0 aliphatic heterocycles. The fourth-order valence-electron chi connectivity index (χ4n) is 1.80. The summed E-state index contributed by atoms with van der Waals surface area (Å²) in [6, 6.07) is 18.9. The van der Waals surface area contributed by atoms with Crippen molar-refractivity contribution in [1.29, 1.82) is 5.26 Å². The number of hydrogen-bond acceptors (Lipinski definition) is 3. The summed E-state index contributed by atoms with van der Waals surface area (Å²) < 4.78 is 0. The van der Waals surface area contributed by atoms with E-state index >= 15 is 0 Å². The Labute approximate surface area is 118 Å². The lowest BCUT2D eigenvalue weighted by atomic mass is 10.2. The second kappa shape index (κ2) is 7.07. The zero-order chi connectivity index (χ0) is 14.2. The van der Waals surface area contributed by atoms with Crippen LogP contribution in [0.3, 0.4) is 0 Å². The maximum absolute atomic E-state index is 11.8. The molecule has 0 fully saturated rings. The van der Waals surface area contributed by atoms with Crippen molar-refractivity contribution < 1.29 is 4.79 Å². The second-order valence-corrected chi connectivity index (χ2v) is 4.29. The van der Waals surface area contributed by atoms with Crippen molar-refractivity contribution in [2.45, 2.75) is 6.54 Å². The highest BCUT2D eigenvalue weighted by Gasteiger charge is 2.05. The number of anilines is 1. The standard InChI is InChI=1S/C16H15N3O/c17-10-14-8-4-5-9-15(14)19-16(20)12-18-11-13-6-2-1-3-7-13/h1-9,18H,11-12H2,(H,19,20). The number of hydrogen-bond donors (Lipinski definition) is 2. The largest absolute Gasteiger partial charge is 0.324 e. The third-order valence-electron chi connectivity index (χ3n) is 2.78. The van der Waals surface area contributed by atoms with Gasteiger partial charge in [0.25, 0.3) is 0 Å². The van der Waals surface area contributed by atoms with E-state index in [1.807, 2.05) is 36.4 Å². The van der Waals surface area contributed by atoms with E-state index in [2.05, 4.69) is 10.6 Å². The average Bonchev–Trinajstić information content (AvgIpc) is 2.49. The minimum Gasteiger partial charge on any atom is -0.324 e. The van der Waals surface area contributed by atoms with Crippen LogP contribution in [-0.4, -0.2) is 12.5 Å². The first-order chi connectivity index (χ1) is 9.79. The summed E-state index contributed by atoms with van der Waals surface area (Å²) >= 11 is 0. The first-order valence-corrected chi connectivity index (χ1v) is 6.33. The molecule has 0 bridgehead atoms. The number of nitrogens with zero attached hydrogens (tertiary/aromatic N) is 1. The van der Waals surface area contributed by atoms with Crippen LogP contribution >= 0.6 is 0 Å². The fourth-order valence-corrected chi connectivity index (χ4v) is 1.80. The Hall–Kier alpha value is -2.64. The first-order valence-electron chi connectivity index (χ1n) is 6.33. The van der Waals surface area contributed by atoms with Gasteiger partial charge in [-0.25, -0.2) is 0 Å². The van der Waals surface area contributed by atoms with Crippen molar-refractivity contribution in [3.05, 3.63) is 65.7 Å². The van der Waals surface area contributed by atoms with Crippen LogP contribution in [0.25, 0.3) is 0 Å². The lowest BCUT2D eigenvalue weighted by Gasteiger charge is -2.08. The van der Waals surface area contributed by atoms with Crippen molar-refractivity contribution in [2.75, 3.05) is 11.9 Å². The van der Waals surface area contributed by atoms with Gasteiger partial charge in [-0.05, 0) is 17.7 Å². The molecule has 0 atom stereocenters. The van der Waals surface area contributed by atoms with Gasteiger partial charge in [-0.1, -0.05) is 42.5 Å². The topological polar surface area (TPSA) is 64.9 Å². The number of nitriles is 1. The minimum absolute atomic E-state index is 0.163. The van der Waals surface area contributed by atoms with E-state index in [1.54, 1.807) is 24.3 Å². The Bertz CT molecular complexity index is 617. The molecule has 0 saturated carbocycles. The van der Waals surface area contributed by atoms with Crippen LogP contribution in [0, 0.1) is 11.3 Å². The molecule has 2 rings (SSSR count). The number of carbonyl (C=O) groups excluding carboxylic acids is 1. The minimum atomic E-state index is -0.163. The van der Waals surface area contributed by atoms with Gasteiger partial charge < -0.3 is 10.6 Å². The number of para-hydroxylation sites is 1. The van der Waals surface area contributed by atoms with Crippen LogP contribution in [0.5, 0.6) is 0 Å². The highest BCUT2D eigenvalue weighted by molar-refractivity contribution is 5.93. The van der Waals surface area contributed by atoms with E-state index in [9.17, 15) is 4.79 Å².